The third-order valence-electron chi connectivity index (χ3n) is 4.21. The molecule has 3 nitrogen and oxygen atoms in total. The van der Waals surface area contributed by atoms with Crippen molar-refractivity contribution in [1.82, 2.24) is 9.78 Å². The van der Waals surface area contributed by atoms with E-state index in [0.29, 0.717) is 6.10 Å². The highest BCUT2D eigenvalue weighted by Crippen LogP contribution is 2.39. The molecule has 1 aliphatic heterocycles. The minimum absolute atomic E-state index is 0.234. The van der Waals surface area contributed by atoms with E-state index in [9.17, 15) is 0 Å². The Kier molecular flexibility index (Phi) is 4.49. The van der Waals surface area contributed by atoms with E-state index in [1.807, 2.05) is 0 Å². The molecule has 0 aromatic carbocycles. The van der Waals surface area contributed by atoms with Crippen LogP contribution >= 0.6 is 15.9 Å². The molecule has 0 saturated carbocycles. The number of hydrogen-bond acceptors (Lipinski definition) is 2. The largest absolute Gasteiger partial charge is 0.378 e. The number of rotatable bonds is 5. The molecule has 0 amide bonds. The van der Waals surface area contributed by atoms with Crippen LogP contribution in [0.3, 0.4) is 0 Å². The average Bonchev–Trinajstić information content (AvgIpc) is 2.94. The molecule has 18 heavy (non-hydrogen) atoms. The van der Waals surface area contributed by atoms with E-state index in [1.165, 1.54) is 11.4 Å². The van der Waals surface area contributed by atoms with Gasteiger partial charge in [0.1, 0.15) is 0 Å². The van der Waals surface area contributed by atoms with Crippen LogP contribution in [0.5, 0.6) is 0 Å². The molecule has 0 N–H and O–H groups in total. The minimum atomic E-state index is 0.234. The lowest BCUT2D eigenvalue weighted by molar-refractivity contribution is 0.0737. The third-order valence-corrected chi connectivity index (χ3v) is 5.32. The molecule has 0 bridgehead atoms. The third kappa shape index (κ3) is 2.50. The van der Waals surface area contributed by atoms with Crippen LogP contribution in [0.15, 0.2) is 6.07 Å². The first-order valence-electron chi connectivity index (χ1n) is 6.88. The van der Waals surface area contributed by atoms with Crippen molar-refractivity contribution in [3.63, 3.8) is 0 Å². The summed E-state index contributed by atoms with van der Waals surface area (Å²) in [5.41, 5.74) is 2.78. The van der Waals surface area contributed by atoms with Gasteiger partial charge in [0, 0.05) is 29.6 Å². The zero-order chi connectivity index (χ0) is 13.2. The fourth-order valence-corrected chi connectivity index (χ4v) is 3.67. The molecule has 2 atom stereocenters. The number of alkyl halides is 1. The first-order chi connectivity index (χ1) is 8.65. The zero-order valence-electron chi connectivity index (χ0n) is 11.6. The number of hydrogen-bond donors (Lipinski definition) is 0. The van der Waals surface area contributed by atoms with Crippen molar-refractivity contribution in [2.24, 2.45) is 5.41 Å². The lowest BCUT2D eigenvalue weighted by Gasteiger charge is -2.30. The Hall–Kier alpha value is -0.350. The first kappa shape index (κ1) is 14.1. The SMILES string of the molecule is CCc1cc(CC2(CBr)CCOC2C)n(CC)n1. The van der Waals surface area contributed by atoms with Gasteiger partial charge >= 0.3 is 0 Å². The number of aromatic nitrogens is 2. The van der Waals surface area contributed by atoms with E-state index >= 15 is 0 Å². The summed E-state index contributed by atoms with van der Waals surface area (Å²) in [6.07, 6.45) is 3.52. The fraction of sp³-hybridized carbons (Fsp3) is 0.786. The van der Waals surface area contributed by atoms with Gasteiger partial charge in [-0.3, -0.25) is 4.68 Å². The number of ether oxygens (including phenoxy) is 1. The molecule has 1 aliphatic rings. The highest BCUT2D eigenvalue weighted by molar-refractivity contribution is 9.09. The predicted molar refractivity (Wildman–Crippen MR) is 77.2 cm³/mol. The van der Waals surface area contributed by atoms with E-state index < -0.39 is 0 Å². The van der Waals surface area contributed by atoms with E-state index in [0.717, 1.165) is 37.7 Å². The van der Waals surface area contributed by atoms with Gasteiger partial charge in [-0.05, 0) is 39.2 Å². The first-order valence-corrected chi connectivity index (χ1v) is 8.00. The summed E-state index contributed by atoms with van der Waals surface area (Å²) < 4.78 is 7.93. The molecular weight excluding hydrogens is 292 g/mol. The van der Waals surface area contributed by atoms with Gasteiger partial charge in [0.2, 0.25) is 0 Å². The molecule has 1 aromatic rings. The maximum absolute atomic E-state index is 5.78. The van der Waals surface area contributed by atoms with Crippen LogP contribution in [0.25, 0.3) is 0 Å². The molecule has 102 valence electrons. The summed E-state index contributed by atoms with van der Waals surface area (Å²) in [6, 6.07) is 2.26. The topological polar surface area (TPSA) is 27.1 Å². The van der Waals surface area contributed by atoms with Crippen LogP contribution in [0.4, 0.5) is 0 Å². The Balaban J connectivity index is 2.24. The summed E-state index contributed by atoms with van der Waals surface area (Å²) in [7, 11) is 0. The molecule has 0 radical (unpaired) electrons. The van der Waals surface area contributed by atoms with Gasteiger partial charge in [0.05, 0.1) is 11.8 Å². The lowest BCUT2D eigenvalue weighted by Crippen LogP contribution is -2.33. The molecule has 1 aromatic heterocycles. The highest BCUT2D eigenvalue weighted by atomic mass is 79.9. The molecule has 1 fully saturated rings. The molecule has 0 aliphatic carbocycles. The van der Waals surface area contributed by atoms with Crippen LogP contribution in [-0.2, 0) is 24.1 Å². The summed E-state index contributed by atoms with van der Waals surface area (Å²) in [5.74, 6) is 0. The quantitative estimate of drug-likeness (QED) is 0.780. The smallest absolute Gasteiger partial charge is 0.0624 e. The molecule has 1 saturated heterocycles. The molecule has 2 heterocycles. The molecule has 4 heteroatoms. The Labute approximate surface area is 118 Å². The van der Waals surface area contributed by atoms with Crippen LogP contribution in [0, 0.1) is 5.41 Å². The lowest BCUT2D eigenvalue weighted by atomic mass is 9.79. The van der Waals surface area contributed by atoms with E-state index in [4.69, 9.17) is 4.74 Å². The van der Waals surface area contributed by atoms with Crippen molar-refractivity contribution < 1.29 is 4.74 Å². The van der Waals surface area contributed by atoms with E-state index in [2.05, 4.69) is 52.5 Å². The van der Waals surface area contributed by atoms with E-state index in [1.54, 1.807) is 0 Å². The maximum Gasteiger partial charge on any atom is 0.0624 e. The van der Waals surface area contributed by atoms with Crippen molar-refractivity contribution in [1.29, 1.82) is 0 Å². The average molecular weight is 315 g/mol. The fourth-order valence-electron chi connectivity index (χ4n) is 2.74. The van der Waals surface area contributed by atoms with Gasteiger partial charge in [-0.15, -0.1) is 0 Å². The monoisotopic (exact) mass is 314 g/mol. The normalized spacial score (nSPS) is 27.9. The second-order valence-electron chi connectivity index (χ2n) is 5.23. The standard InChI is InChI=1S/C14H23BrN2O/c1-4-12-8-13(17(5-2)16-12)9-14(10-15)6-7-18-11(14)3/h8,11H,4-7,9-10H2,1-3H3. The van der Waals surface area contributed by atoms with Gasteiger partial charge in [0.25, 0.3) is 0 Å². The second-order valence-corrected chi connectivity index (χ2v) is 5.79. The summed E-state index contributed by atoms with van der Waals surface area (Å²) in [5, 5.41) is 5.64. The highest BCUT2D eigenvalue weighted by Gasteiger charge is 2.41. The maximum atomic E-state index is 5.78. The number of halogens is 1. The Morgan fingerprint density at radius 1 is 1.56 bits per heavy atom. The van der Waals surface area contributed by atoms with Gasteiger partial charge in [-0.25, -0.2) is 0 Å². The van der Waals surface area contributed by atoms with Gasteiger partial charge in [0.15, 0.2) is 0 Å². The van der Waals surface area contributed by atoms with Crippen LogP contribution in [-0.4, -0.2) is 27.8 Å². The van der Waals surface area contributed by atoms with Crippen molar-refractivity contribution in [3.8, 4) is 0 Å². The summed E-state index contributed by atoms with van der Waals surface area (Å²) >= 11 is 3.69. The van der Waals surface area contributed by atoms with Gasteiger partial charge in [-0.2, -0.15) is 5.10 Å². The van der Waals surface area contributed by atoms with Crippen molar-refractivity contribution in [3.05, 3.63) is 17.5 Å². The Morgan fingerprint density at radius 2 is 2.33 bits per heavy atom. The molecule has 2 rings (SSSR count). The summed E-state index contributed by atoms with van der Waals surface area (Å²) in [4.78, 5) is 0. The van der Waals surface area contributed by atoms with Gasteiger partial charge in [-0.1, -0.05) is 22.9 Å². The predicted octanol–water partition coefficient (Wildman–Crippen LogP) is 3.20. The number of aryl methyl sites for hydroxylation is 2. The minimum Gasteiger partial charge on any atom is -0.378 e. The molecular formula is C14H23BrN2O. The van der Waals surface area contributed by atoms with Crippen molar-refractivity contribution in [2.75, 3.05) is 11.9 Å². The molecule has 2 unspecified atom stereocenters. The van der Waals surface area contributed by atoms with Gasteiger partial charge < -0.3 is 4.74 Å². The molecule has 0 spiro atoms. The van der Waals surface area contributed by atoms with Crippen molar-refractivity contribution in [2.45, 2.75) is 52.7 Å². The van der Waals surface area contributed by atoms with Crippen LogP contribution < -0.4 is 0 Å². The Bertz CT molecular complexity index is 404. The van der Waals surface area contributed by atoms with Crippen LogP contribution in [0.1, 0.15) is 38.6 Å². The van der Waals surface area contributed by atoms with Crippen molar-refractivity contribution >= 4 is 15.9 Å². The Morgan fingerprint density at radius 3 is 2.83 bits per heavy atom. The number of nitrogens with zero attached hydrogens (tertiary/aromatic N) is 2. The second kappa shape index (κ2) is 5.74. The summed E-state index contributed by atoms with van der Waals surface area (Å²) in [6.45, 7) is 8.34. The van der Waals surface area contributed by atoms with Crippen LogP contribution in [0.2, 0.25) is 0 Å². The van der Waals surface area contributed by atoms with E-state index in [-0.39, 0.29) is 5.41 Å². The zero-order valence-corrected chi connectivity index (χ0v) is 13.2.